The molecular formula is C14H15N3O5. The fourth-order valence-electron chi connectivity index (χ4n) is 1.74. The highest BCUT2D eigenvalue weighted by Crippen LogP contribution is 2.04. The number of aryl methyl sites for hydroxylation is 1. The lowest BCUT2D eigenvalue weighted by Crippen LogP contribution is -2.41. The van der Waals surface area contributed by atoms with E-state index in [0.717, 1.165) is 12.0 Å². The van der Waals surface area contributed by atoms with Crippen molar-refractivity contribution in [3.05, 3.63) is 48.2 Å². The molecule has 1 atom stereocenters. The Morgan fingerprint density at radius 1 is 1.32 bits per heavy atom. The van der Waals surface area contributed by atoms with Gasteiger partial charge in [-0.15, -0.1) is 10.2 Å². The number of benzene rings is 1. The average molecular weight is 305 g/mol. The molecule has 0 saturated heterocycles. The van der Waals surface area contributed by atoms with Crippen LogP contribution in [0.4, 0.5) is 4.79 Å². The maximum atomic E-state index is 11.6. The van der Waals surface area contributed by atoms with E-state index >= 15 is 0 Å². The van der Waals surface area contributed by atoms with Gasteiger partial charge in [-0.1, -0.05) is 30.3 Å². The lowest BCUT2D eigenvalue weighted by atomic mass is 10.1. The SMILES string of the molecule is O=C(N[C@@H](CCc1nnco1)C(=O)O)OCc1ccccc1. The van der Waals surface area contributed by atoms with E-state index in [1.54, 1.807) is 12.1 Å². The molecule has 2 rings (SSSR count). The van der Waals surface area contributed by atoms with Gasteiger partial charge in [0.2, 0.25) is 12.3 Å². The molecule has 22 heavy (non-hydrogen) atoms. The minimum atomic E-state index is -1.16. The summed E-state index contributed by atoms with van der Waals surface area (Å²) in [5.41, 5.74) is 0.815. The molecule has 1 aromatic carbocycles. The number of amides is 1. The average Bonchev–Trinajstić information content (AvgIpc) is 3.03. The Labute approximate surface area is 126 Å². The second kappa shape index (κ2) is 7.77. The standard InChI is InChI=1S/C14H15N3O5/c18-13(19)11(6-7-12-17-15-9-22-12)16-14(20)21-8-10-4-2-1-3-5-10/h1-5,9,11H,6-8H2,(H,16,20)(H,18,19)/t11-/m0/s1. The number of carbonyl (C=O) groups is 2. The Kier molecular flexibility index (Phi) is 5.47. The summed E-state index contributed by atoms with van der Waals surface area (Å²) in [6.07, 6.45) is 0.738. The Balaban J connectivity index is 1.79. The molecule has 0 spiro atoms. The van der Waals surface area contributed by atoms with E-state index in [1.807, 2.05) is 18.2 Å². The smallest absolute Gasteiger partial charge is 0.408 e. The van der Waals surface area contributed by atoms with Crippen molar-refractivity contribution in [1.29, 1.82) is 0 Å². The lowest BCUT2D eigenvalue weighted by molar-refractivity contribution is -0.139. The van der Waals surface area contributed by atoms with Crippen LogP contribution in [0.25, 0.3) is 0 Å². The van der Waals surface area contributed by atoms with Gasteiger partial charge in [0.15, 0.2) is 0 Å². The second-order valence-corrected chi connectivity index (χ2v) is 4.47. The molecule has 0 bridgehead atoms. The molecule has 8 nitrogen and oxygen atoms in total. The first kappa shape index (κ1) is 15.5. The first-order valence-electron chi connectivity index (χ1n) is 6.60. The van der Waals surface area contributed by atoms with E-state index in [4.69, 9.17) is 14.3 Å². The molecule has 0 fully saturated rings. The predicted octanol–water partition coefficient (Wildman–Crippen LogP) is 1.38. The number of aromatic nitrogens is 2. The minimum Gasteiger partial charge on any atom is -0.480 e. The molecule has 0 aliphatic rings. The van der Waals surface area contributed by atoms with E-state index in [9.17, 15) is 9.59 Å². The largest absolute Gasteiger partial charge is 0.480 e. The third-order valence-corrected chi connectivity index (χ3v) is 2.85. The van der Waals surface area contributed by atoms with Gasteiger partial charge in [0.25, 0.3) is 0 Å². The zero-order chi connectivity index (χ0) is 15.8. The summed E-state index contributed by atoms with van der Waals surface area (Å²) in [6.45, 7) is 0.0721. The zero-order valence-electron chi connectivity index (χ0n) is 11.6. The topological polar surface area (TPSA) is 115 Å². The van der Waals surface area contributed by atoms with Crippen LogP contribution in [0.3, 0.4) is 0 Å². The molecule has 8 heteroatoms. The maximum absolute atomic E-state index is 11.6. The molecule has 1 heterocycles. The number of ether oxygens (including phenoxy) is 1. The van der Waals surface area contributed by atoms with Gasteiger partial charge in [0, 0.05) is 6.42 Å². The van der Waals surface area contributed by atoms with Crippen molar-refractivity contribution in [2.75, 3.05) is 0 Å². The van der Waals surface area contributed by atoms with Crippen LogP contribution in [-0.2, 0) is 22.6 Å². The third-order valence-electron chi connectivity index (χ3n) is 2.85. The molecule has 1 aromatic heterocycles. The van der Waals surface area contributed by atoms with Crippen molar-refractivity contribution in [1.82, 2.24) is 15.5 Å². The number of aliphatic carboxylic acids is 1. The van der Waals surface area contributed by atoms with E-state index in [0.29, 0.717) is 5.89 Å². The van der Waals surface area contributed by atoms with Crippen LogP contribution in [0.15, 0.2) is 41.1 Å². The zero-order valence-corrected chi connectivity index (χ0v) is 11.6. The van der Waals surface area contributed by atoms with Crippen molar-refractivity contribution in [2.45, 2.75) is 25.5 Å². The lowest BCUT2D eigenvalue weighted by Gasteiger charge is -2.13. The van der Waals surface area contributed by atoms with E-state index < -0.39 is 18.1 Å². The van der Waals surface area contributed by atoms with Gasteiger partial charge in [-0.25, -0.2) is 9.59 Å². The number of rotatable bonds is 7. The van der Waals surface area contributed by atoms with Crippen molar-refractivity contribution < 1.29 is 23.8 Å². The summed E-state index contributed by atoms with van der Waals surface area (Å²) >= 11 is 0. The van der Waals surface area contributed by atoms with Crippen LogP contribution in [0.1, 0.15) is 17.9 Å². The van der Waals surface area contributed by atoms with Crippen LogP contribution in [0.5, 0.6) is 0 Å². The summed E-state index contributed by atoms with van der Waals surface area (Å²) in [5.74, 6) is -0.845. The van der Waals surface area contributed by atoms with Gasteiger partial charge in [0.1, 0.15) is 12.6 Å². The number of nitrogens with zero attached hydrogens (tertiary/aromatic N) is 2. The number of hydrogen-bond acceptors (Lipinski definition) is 6. The van der Waals surface area contributed by atoms with Crippen LogP contribution in [0, 0.1) is 0 Å². The summed E-state index contributed by atoms with van der Waals surface area (Å²) < 4.78 is 9.90. The normalized spacial score (nSPS) is 11.6. The van der Waals surface area contributed by atoms with Crippen molar-refractivity contribution in [3.63, 3.8) is 0 Å². The summed E-state index contributed by atoms with van der Waals surface area (Å²) in [5, 5.41) is 18.5. The van der Waals surface area contributed by atoms with Gasteiger partial charge in [0.05, 0.1) is 0 Å². The van der Waals surface area contributed by atoms with Crippen molar-refractivity contribution >= 4 is 12.1 Å². The number of carbonyl (C=O) groups excluding carboxylic acids is 1. The Bertz CT molecular complexity index is 600. The minimum absolute atomic E-state index is 0.0721. The first-order chi connectivity index (χ1) is 10.6. The Morgan fingerprint density at radius 2 is 2.09 bits per heavy atom. The van der Waals surface area contributed by atoms with Gasteiger partial charge >= 0.3 is 12.1 Å². The molecule has 116 valence electrons. The molecule has 0 saturated carbocycles. The van der Waals surface area contributed by atoms with E-state index in [2.05, 4.69) is 15.5 Å². The molecule has 2 N–H and O–H groups in total. The highest BCUT2D eigenvalue weighted by atomic mass is 16.5. The Morgan fingerprint density at radius 3 is 2.73 bits per heavy atom. The first-order valence-corrected chi connectivity index (χ1v) is 6.60. The fourth-order valence-corrected chi connectivity index (χ4v) is 1.74. The molecule has 2 aromatic rings. The Hall–Kier alpha value is -2.90. The predicted molar refractivity (Wildman–Crippen MR) is 73.8 cm³/mol. The fraction of sp³-hybridized carbons (Fsp3) is 0.286. The molecule has 0 unspecified atom stereocenters. The van der Waals surface area contributed by atoms with Gasteiger partial charge in [-0.2, -0.15) is 0 Å². The number of hydrogen-bond donors (Lipinski definition) is 2. The molecule has 0 radical (unpaired) electrons. The highest BCUT2D eigenvalue weighted by Gasteiger charge is 2.21. The van der Waals surface area contributed by atoms with E-state index in [-0.39, 0.29) is 19.4 Å². The maximum Gasteiger partial charge on any atom is 0.408 e. The van der Waals surface area contributed by atoms with Crippen LogP contribution < -0.4 is 5.32 Å². The number of alkyl carbamates (subject to hydrolysis) is 1. The van der Waals surface area contributed by atoms with Crippen LogP contribution >= 0.6 is 0 Å². The van der Waals surface area contributed by atoms with Gasteiger partial charge in [-0.3, -0.25) is 0 Å². The van der Waals surface area contributed by atoms with Crippen LogP contribution in [-0.4, -0.2) is 33.4 Å². The summed E-state index contributed by atoms with van der Waals surface area (Å²) in [6, 6.07) is 8.01. The molecule has 0 aliphatic heterocycles. The summed E-state index contributed by atoms with van der Waals surface area (Å²) in [7, 11) is 0. The van der Waals surface area contributed by atoms with Crippen molar-refractivity contribution in [2.24, 2.45) is 0 Å². The molecular weight excluding hydrogens is 290 g/mol. The van der Waals surface area contributed by atoms with E-state index in [1.165, 1.54) is 0 Å². The van der Waals surface area contributed by atoms with Crippen LogP contribution in [0.2, 0.25) is 0 Å². The summed E-state index contributed by atoms with van der Waals surface area (Å²) in [4.78, 5) is 22.8. The third kappa shape index (κ3) is 4.89. The highest BCUT2D eigenvalue weighted by molar-refractivity contribution is 5.79. The van der Waals surface area contributed by atoms with Gasteiger partial charge < -0.3 is 19.6 Å². The van der Waals surface area contributed by atoms with Crippen molar-refractivity contribution in [3.8, 4) is 0 Å². The molecule has 1 amide bonds. The van der Waals surface area contributed by atoms with Gasteiger partial charge in [-0.05, 0) is 12.0 Å². The number of carboxylic acids is 1. The second-order valence-electron chi connectivity index (χ2n) is 4.47. The molecule has 0 aliphatic carbocycles. The monoisotopic (exact) mass is 305 g/mol. The quantitative estimate of drug-likeness (QED) is 0.794. The number of carboxylic acid groups (broad SMARTS) is 1. The number of nitrogens with one attached hydrogen (secondary N) is 1.